The van der Waals surface area contributed by atoms with Crippen molar-refractivity contribution in [3.8, 4) is 17.2 Å². The molecule has 1 aliphatic heterocycles. The molecule has 0 saturated carbocycles. The fourth-order valence-corrected chi connectivity index (χ4v) is 7.46. The average molecular weight is 508 g/mol. The molecule has 3 N–H and O–H groups in total. The Balaban J connectivity index is 2.06. The van der Waals surface area contributed by atoms with Gasteiger partial charge < -0.3 is 29.5 Å². The van der Waals surface area contributed by atoms with Crippen molar-refractivity contribution in [3.63, 3.8) is 0 Å². The molecule has 198 valence electrons. The Hall–Kier alpha value is -1.83. The largest absolute Gasteiger partial charge is 0.504 e. The van der Waals surface area contributed by atoms with Gasteiger partial charge in [0.15, 0.2) is 19.8 Å². The lowest BCUT2D eigenvalue weighted by molar-refractivity contribution is -0.0482. The van der Waals surface area contributed by atoms with E-state index in [0.717, 1.165) is 12.0 Å². The molecule has 1 aromatic carbocycles. The van der Waals surface area contributed by atoms with Crippen molar-refractivity contribution >= 4 is 8.32 Å². The van der Waals surface area contributed by atoms with Gasteiger partial charge in [-0.25, -0.2) is 11.5 Å². The maximum Gasteiger partial charge on any atom is 0.295 e. The zero-order valence-corrected chi connectivity index (χ0v) is 23.8. The predicted molar refractivity (Wildman–Crippen MR) is 142 cm³/mol. The number of ether oxygens (including phenoxy) is 3. The number of nitrogens with zero attached hydrogens (tertiary/aromatic N) is 2. The van der Waals surface area contributed by atoms with Gasteiger partial charge in [0.05, 0.1) is 26.9 Å². The summed E-state index contributed by atoms with van der Waals surface area (Å²) in [5.41, 5.74) is 9.14. The predicted octanol–water partition coefficient (Wildman–Crippen LogP) is 4.34. The molecule has 1 saturated heterocycles. The molecular weight excluding hydrogens is 462 g/mol. The second kappa shape index (κ2) is 12.9. The molecule has 0 aromatic heterocycles. The molecule has 35 heavy (non-hydrogen) atoms. The van der Waals surface area contributed by atoms with Gasteiger partial charge in [0, 0.05) is 37.2 Å². The van der Waals surface area contributed by atoms with E-state index in [1.54, 1.807) is 13.2 Å². The Labute approximate surface area is 212 Å². The quantitative estimate of drug-likeness (QED) is 0.321. The third-order valence-electron chi connectivity index (χ3n) is 7.59. The summed E-state index contributed by atoms with van der Waals surface area (Å²) in [5.74, 6) is 1.05. The van der Waals surface area contributed by atoms with E-state index in [-0.39, 0.29) is 11.9 Å². The van der Waals surface area contributed by atoms with E-state index >= 15 is 0 Å². The lowest BCUT2D eigenvalue weighted by Gasteiger charge is -2.37. The highest BCUT2D eigenvalue weighted by molar-refractivity contribution is 6.75. The lowest BCUT2D eigenvalue weighted by atomic mass is 9.99. The highest BCUT2D eigenvalue weighted by atomic mass is 28.4. The van der Waals surface area contributed by atoms with E-state index in [1.165, 1.54) is 7.11 Å². The minimum Gasteiger partial charge on any atom is -0.504 e. The standard InChI is InChI=1S/C26H45N3O5Si/c1-17(2)35(9,18(3)4)34-12-10-21-16-29(11-13-33-21)26(28-6)22(27)14-20-15-23(30)25(32-8)19(5)24(20)31-7/h15,17-18,21-22,26,30H,10-14,16,27H2,1-5,7-9H3/t21-,22?,26-/m0/s1. The van der Waals surface area contributed by atoms with Gasteiger partial charge in [-0.3, -0.25) is 4.85 Å². The van der Waals surface area contributed by atoms with Gasteiger partial charge in [-0.05, 0) is 37.0 Å². The number of phenols is 1. The fourth-order valence-electron chi connectivity index (χ4n) is 4.90. The van der Waals surface area contributed by atoms with E-state index in [2.05, 4.69) is 44.0 Å². The van der Waals surface area contributed by atoms with E-state index in [0.29, 0.717) is 60.9 Å². The van der Waals surface area contributed by atoms with Crippen molar-refractivity contribution in [2.45, 2.75) is 83.4 Å². The van der Waals surface area contributed by atoms with Crippen LogP contribution in [0, 0.1) is 13.5 Å². The second-order valence-electron chi connectivity index (χ2n) is 10.3. The van der Waals surface area contributed by atoms with Crippen LogP contribution in [0.15, 0.2) is 6.07 Å². The number of hydrogen-bond acceptors (Lipinski definition) is 7. The van der Waals surface area contributed by atoms with Crippen LogP contribution >= 0.6 is 0 Å². The van der Waals surface area contributed by atoms with Crippen molar-refractivity contribution in [1.82, 2.24) is 4.90 Å². The van der Waals surface area contributed by atoms with Crippen molar-refractivity contribution in [2.24, 2.45) is 5.73 Å². The molecule has 3 atom stereocenters. The van der Waals surface area contributed by atoms with Crippen molar-refractivity contribution in [1.29, 1.82) is 0 Å². The molecule has 9 heteroatoms. The van der Waals surface area contributed by atoms with Crippen LogP contribution in [-0.2, 0) is 15.6 Å². The van der Waals surface area contributed by atoms with Gasteiger partial charge in [0.2, 0.25) is 0 Å². The molecule has 2 rings (SSSR count). The molecule has 0 aliphatic carbocycles. The monoisotopic (exact) mass is 507 g/mol. The number of phenolic OH excluding ortho intramolecular Hbond substituents is 1. The Morgan fingerprint density at radius 3 is 2.40 bits per heavy atom. The molecule has 0 radical (unpaired) electrons. The Morgan fingerprint density at radius 1 is 1.23 bits per heavy atom. The average Bonchev–Trinajstić information content (AvgIpc) is 2.79. The molecule has 1 aromatic rings. The van der Waals surface area contributed by atoms with Crippen LogP contribution in [0.2, 0.25) is 17.6 Å². The Bertz CT molecular complexity index is 866. The summed E-state index contributed by atoms with van der Waals surface area (Å²) in [6, 6.07) is 1.16. The number of benzene rings is 1. The smallest absolute Gasteiger partial charge is 0.295 e. The summed E-state index contributed by atoms with van der Waals surface area (Å²) < 4.78 is 23.4. The number of hydrogen-bond donors (Lipinski definition) is 2. The first-order valence-electron chi connectivity index (χ1n) is 12.5. The summed E-state index contributed by atoms with van der Waals surface area (Å²) in [5, 5.41) is 10.4. The van der Waals surface area contributed by atoms with Crippen LogP contribution < -0.4 is 15.2 Å². The maximum atomic E-state index is 10.4. The van der Waals surface area contributed by atoms with Crippen molar-refractivity contribution in [3.05, 3.63) is 28.6 Å². The summed E-state index contributed by atoms with van der Waals surface area (Å²) in [6.07, 6.45) is 0.715. The van der Waals surface area contributed by atoms with Crippen LogP contribution in [-0.4, -0.2) is 77.2 Å². The van der Waals surface area contributed by atoms with Crippen LogP contribution in [0.25, 0.3) is 4.85 Å². The van der Waals surface area contributed by atoms with Gasteiger partial charge >= 0.3 is 0 Å². The number of methoxy groups -OCH3 is 2. The Kier molecular flexibility index (Phi) is 10.9. The molecule has 0 amide bonds. The molecule has 1 heterocycles. The summed E-state index contributed by atoms with van der Waals surface area (Å²) >= 11 is 0. The summed E-state index contributed by atoms with van der Waals surface area (Å²) in [6.45, 7) is 23.6. The lowest BCUT2D eigenvalue weighted by Crippen LogP contribution is -2.53. The first-order chi connectivity index (χ1) is 16.5. The van der Waals surface area contributed by atoms with Gasteiger partial charge in [0.25, 0.3) is 6.17 Å². The van der Waals surface area contributed by atoms with Gasteiger partial charge in [-0.15, -0.1) is 0 Å². The number of rotatable bonds is 12. The third-order valence-corrected chi connectivity index (χ3v) is 13.0. The summed E-state index contributed by atoms with van der Waals surface area (Å²) in [7, 11) is 1.29. The zero-order chi connectivity index (χ0) is 26.3. The highest BCUT2D eigenvalue weighted by Gasteiger charge is 2.38. The molecule has 0 spiro atoms. The van der Waals surface area contributed by atoms with Crippen LogP contribution in [0.4, 0.5) is 0 Å². The molecule has 1 aliphatic rings. The number of morpholine rings is 1. The van der Waals surface area contributed by atoms with E-state index in [4.69, 9.17) is 30.9 Å². The first-order valence-corrected chi connectivity index (χ1v) is 15.1. The zero-order valence-electron chi connectivity index (χ0n) is 22.8. The SMILES string of the molecule is [C-]#[N+][C@H](C(N)Cc1cc(O)c(OC)c(C)c1OC)N1CCO[C@@H](CCO[Si](C)(C(C)C)C(C)C)C1. The van der Waals surface area contributed by atoms with E-state index < -0.39 is 20.5 Å². The van der Waals surface area contributed by atoms with Crippen LogP contribution in [0.3, 0.4) is 0 Å². The first kappa shape index (κ1) is 29.4. The molecule has 1 unspecified atom stereocenters. The van der Waals surface area contributed by atoms with Gasteiger partial charge in [-0.1, -0.05) is 27.7 Å². The fraction of sp³-hybridized carbons (Fsp3) is 0.731. The Morgan fingerprint density at radius 2 is 1.86 bits per heavy atom. The molecule has 1 fully saturated rings. The van der Waals surface area contributed by atoms with Crippen LogP contribution in [0.5, 0.6) is 17.2 Å². The minimum absolute atomic E-state index is 0.0135. The van der Waals surface area contributed by atoms with Crippen LogP contribution in [0.1, 0.15) is 45.2 Å². The van der Waals surface area contributed by atoms with Gasteiger partial charge in [-0.2, -0.15) is 0 Å². The van der Waals surface area contributed by atoms with E-state index in [1.807, 2.05) is 6.92 Å². The maximum absolute atomic E-state index is 10.4. The molecule has 8 nitrogen and oxygen atoms in total. The second-order valence-corrected chi connectivity index (χ2v) is 15.2. The van der Waals surface area contributed by atoms with Crippen molar-refractivity contribution in [2.75, 3.05) is 40.5 Å². The highest BCUT2D eigenvalue weighted by Crippen LogP contribution is 2.39. The number of aromatic hydroxyl groups is 1. The topological polar surface area (TPSA) is 90.8 Å². The number of nitrogens with two attached hydrogens (primary N) is 1. The minimum atomic E-state index is -1.80. The summed E-state index contributed by atoms with van der Waals surface area (Å²) in [4.78, 5) is 6.01. The van der Waals surface area contributed by atoms with E-state index in [9.17, 15) is 5.11 Å². The normalized spacial score (nSPS) is 19.0. The third kappa shape index (κ3) is 6.89. The molecular formula is C26H45N3O5Si. The van der Waals surface area contributed by atoms with Crippen molar-refractivity contribution < 1.29 is 23.7 Å². The molecule has 0 bridgehead atoms. The van der Waals surface area contributed by atoms with Gasteiger partial charge in [0.1, 0.15) is 11.8 Å².